The Morgan fingerprint density at radius 2 is 1.77 bits per heavy atom. The fraction of sp³-hybridized carbons (Fsp3) is 0.0800. The van der Waals surface area contributed by atoms with Gasteiger partial charge >= 0.3 is 0 Å². The van der Waals surface area contributed by atoms with Crippen LogP contribution in [0.1, 0.15) is 32.9 Å². The maximum Gasteiger partial charge on any atom is 0.259 e. The number of para-hydroxylation sites is 1. The number of rotatable bonds is 4. The maximum absolute atomic E-state index is 12.5. The average molecular weight is 430 g/mol. The number of benzene rings is 3. The van der Waals surface area contributed by atoms with Crippen molar-refractivity contribution in [3.05, 3.63) is 105 Å². The van der Waals surface area contributed by atoms with Gasteiger partial charge in [-0.3, -0.25) is 9.59 Å². The molecule has 4 aromatic rings. The van der Waals surface area contributed by atoms with Crippen LogP contribution in [-0.4, -0.2) is 15.9 Å². The molecule has 31 heavy (non-hydrogen) atoms. The molecule has 3 aromatic carbocycles. The van der Waals surface area contributed by atoms with Gasteiger partial charge in [0.15, 0.2) is 5.82 Å². The van der Waals surface area contributed by atoms with Gasteiger partial charge in [-0.1, -0.05) is 53.6 Å². The largest absolute Gasteiger partial charge is 0.322 e. The van der Waals surface area contributed by atoms with Gasteiger partial charge in [-0.25, -0.2) is 4.98 Å². The van der Waals surface area contributed by atoms with Crippen molar-refractivity contribution in [3.8, 4) is 0 Å². The van der Waals surface area contributed by atoms with E-state index in [0.717, 1.165) is 16.7 Å². The Bertz CT molecular complexity index is 1370. The molecule has 0 saturated carbocycles. The molecule has 154 valence electrons. The minimum absolute atomic E-state index is 0.191. The molecule has 0 spiro atoms. The summed E-state index contributed by atoms with van der Waals surface area (Å²) in [7, 11) is 0. The van der Waals surface area contributed by atoms with Crippen LogP contribution in [0, 0.1) is 13.8 Å². The third-order valence-corrected chi connectivity index (χ3v) is 5.20. The molecule has 4 rings (SSSR count). The molecule has 0 fully saturated rings. The summed E-state index contributed by atoms with van der Waals surface area (Å²) in [6.07, 6.45) is 1.70. The zero-order valence-corrected chi connectivity index (χ0v) is 17.8. The summed E-state index contributed by atoms with van der Waals surface area (Å²) in [6, 6.07) is 20.1. The van der Waals surface area contributed by atoms with E-state index < -0.39 is 0 Å². The standard InChI is InChI=1S/C25H20ClN3O2/c1-15-9-11-18(12-10-15)24(30)27-19-7-4-6-17(13-19)14-21(26)23-28-22-16(2)5-3-8-20(22)25(31)29-23/h3-14H,1-2H3,(H,27,30)(H,28,29,31)/b21-14-. The van der Waals surface area contributed by atoms with Crippen molar-refractivity contribution in [2.45, 2.75) is 13.8 Å². The van der Waals surface area contributed by atoms with E-state index in [1.54, 1.807) is 36.4 Å². The lowest BCUT2D eigenvalue weighted by Gasteiger charge is -2.07. The lowest BCUT2D eigenvalue weighted by atomic mass is 10.1. The summed E-state index contributed by atoms with van der Waals surface area (Å²) in [5.41, 5.74) is 4.35. The number of aromatic nitrogens is 2. The Morgan fingerprint density at radius 3 is 2.55 bits per heavy atom. The highest BCUT2D eigenvalue weighted by atomic mass is 35.5. The van der Waals surface area contributed by atoms with Crippen LogP contribution in [0.5, 0.6) is 0 Å². The first-order valence-electron chi connectivity index (χ1n) is 9.76. The first-order valence-corrected chi connectivity index (χ1v) is 10.1. The molecule has 1 amide bonds. The summed E-state index contributed by atoms with van der Waals surface area (Å²) in [4.78, 5) is 32.1. The summed E-state index contributed by atoms with van der Waals surface area (Å²) in [5.74, 6) is 0.103. The second-order valence-electron chi connectivity index (χ2n) is 7.32. The SMILES string of the molecule is Cc1ccc(C(=O)Nc2cccc(/C=C(\Cl)c3nc4c(C)cccc4c(=O)[nH]3)c2)cc1. The highest BCUT2D eigenvalue weighted by molar-refractivity contribution is 6.50. The number of nitrogens with one attached hydrogen (secondary N) is 2. The molecule has 2 N–H and O–H groups in total. The number of halogens is 1. The normalized spacial score (nSPS) is 11.5. The predicted octanol–water partition coefficient (Wildman–Crippen LogP) is 5.53. The molecule has 1 aromatic heterocycles. The van der Waals surface area contributed by atoms with Crippen molar-refractivity contribution < 1.29 is 4.79 Å². The molecule has 0 aliphatic carbocycles. The zero-order chi connectivity index (χ0) is 22.0. The topological polar surface area (TPSA) is 74.8 Å². The van der Waals surface area contributed by atoms with Gasteiger partial charge < -0.3 is 10.3 Å². The van der Waals surface area contributed by atoms with Crippen molar-refractivity contribution in [2.24, 2.45) is 0 Å². The van der Waals surface area contributed by atoms with Crippen LogP contribution in [0.25, 0.3) is 22.0 Å². The highest BCUT2D eigenvalue weighted by Crippen LogP contribution is 2.22. The molecule has 6 heteroatoms. The Hall–Kier alpha value is -3.70. The molecule has 0 unspecified atom stereocenters. The Morgan fingerprint density at radius 1 is 1.03 bits per heavy atom. The number of aryl methyl sites for hydroxylation is 2. The average Bonchev–Trinajstić information content (AvgIpc) is 2.75. The van der Waals surface area contributed by atoms with Crippen LogP contribution in [0.4, 0.5) is 5.69 Å². The number of amides is 1. The van der Waals surface area contributed by atoms with Crippen molar-refractivity contribution >= 4 is 45.2 Å². The Kier molecular flexibility index (Phi) is 5.69. The number of carbonyl (C=O) groups is 1. The van der Waals surface area contributed by atoms with E-state index in [4.69, 9.17) is 11.6 Å². The van der Waals surface area contributed by atoms with Gasteiger partial charge in [0.2, 0.25) is 0 Å². The van der Waals surface area contributed by atoms with Crippen LogP contribution >= 0.6 is 11.6 Å². The monoisotopic (exact) mass is 429 g/mol. The van der Waals surface area contributed by atoms with Gasteiger partial charge in [-0.15, -0.1) is 0 Å². The van der Waals surface area contributed by atoms with Crippen LogP contribution in [0.15, 0.2) is 71.5 Å². The van der Waals surface area contributed by atoms with E-state index in [-0.39, 0.29) is 11.5 Å². The van der Waals surface area contributed by atoms with E-state index in [1.165, 1.54) is 0 Å². The number of nitrogens with zero attached hydrogens (tertiary/aromatic N) is 1. The number of hydrogen-bond donors (Lipinski definition) is 2. The van der Waals surface area contributed by atoms with Gasteiger partial charge in [0, 0.05) is 11.3 Å². The number of aromatic amines is 1. The highest BCUT2D eigenvalue weighted by Gasteiger charge is 2.09. The molecule has 0 aliphatic rings. The van der Waals surface area contributed by atoms with Gasteiger partial charge in [-0.05, 0) is 61.4 Å². The summed E-state index contributed by atoms with van der Waals surface area (Å²) in [5, 5.41) is 3.70. The zero-order valence-electron chi connectivity index (χ0n) is 17.1. The smallest absolute Gasteiger partial charge is 0.259 e. The molecule has 0 atom stereocenters. The van der Waals surface area contributed by atoms with Crippen molar-refractivity contribution in [1.82, 2.24) is 9.97 Å². The van der Waals surface area contributed by atoms with E-state index in [2.05, 4.69) is 15.3 Å². The lowest BCUT2D eigenvalue weighted by molar-refractivity contribution is 0.102. The van der Waals surface area contributed by atoms with E-state index in [1.807, 2.05) is 50.2 Å². The molecule has 0 radical (unpaired) electrons. The van der Waals surface area contributed by atoms with E-state index >= 15 is 0 Å². The molecule has 0 saturated heterocycles. The third kappa shape index (κ3) is 4.57. The lowest BCUT2D eigenvalue weighted by Crippen LogP contribution is -2.12. The minimum atomic E-state index is -0.241. The molecule has 0 aliphatic heterocycles. The first-order chi connectivity index (χ1) is 14.9. The van der Waals surface area contributed by atoms with E-state index in [9.17, 15) is 9.59 Å². The number of carbonyl (C=O) groups excluding carboxylic acids is 1. The molecular weight excluding hydrogens is 410 g/mol. The fourth-order valence-corrected chi connectivity index (χ4v) is 3.46. The van der Waals surface area contributed by atoms with Gasteiger partial charge in [-0.2, -0.15) is 0 Å². The molecular formula is C25H20ClN3O2. The maximum atomic E-state index is 12.5. The molecule has 0 bridgehead atoms. The van der Waals surface area contributed by atoms with E-state index in [0.29, 0.717) is 33.0 Å². The number of hydrogen-bond acceptors (Lipinski definition) is 3. The van der Waals surface area contributed by atoms with Crippen LogP contribution in [0.3, 0.4) is 0 Å². The van der Waals surface area contributed by atoms with Crippen molar-refractivity contribution in [1.29, 1.82) is 0 Å². The number of fused-ring (bicyclic) bond motifs is 1. The molecule has 1 heterocycles. The van der Waals surface area contributed by atoms with Crippen LogP contribution in [0.2, 0.25) is 0 Å². The van der Waals surface area contributed by atoms with Crippen LogP contribution in [-0.2, 0) is 0 Å². The molecule has 5 nitrogen and oxygen atoms in total. The van der Waals surface area contributed by atoms with Gasteiger partial charge in [0.25, 0.3) is 11.5 Å². The van der Waals surface area contributed by atoms with Gasteiger partial charge in [0.05, 0.1) is 15.9 Å². The minimum Gasteiger partial charge on any atom is -0.322 e. The summed E-state index contributed by atoms with van der Waals surface area (Å²) in [6.45, 7) is 3.87. The Labute approximate surface area is 184 Å². The van der Waals surface area contributed by atoms with Crippen molar-refractivity contribution in [3.63, 3.8) is 0 Å². The third-order valence-electron chi connectivity index (χ3n) is 4.92. The predicted molar refractivity (Wildman–Crippen MR) is 126 cm³/mol. The van der Waals surface area contributed by atoms with Crippen molar-refractivity contribution in [2.75, 3.05) is 5.32 Å². The first kappa shape index (κ1) is 20.6. The summed E-state index contributed by atoms with van der Waals surface area (Å²) < 4.78 is 0. The second-order valence-corrected chi connectivity index (χ2v) is 7.73. The van der Waals surface area contributed by atoms with Gasteiger partial charge in [0.1, 0.15) is 0 Å². The second kappa shape index (κ2) is 8.58. The summed E-state index contributed by atoms with van der Waals surface area (Å²) >= 11 is 6.48. The number of H-pyrrole nitrogens is 1. The van der Waals surface area contributed by atoms with Crippen LogP contribution < -0.4 is 10.9 Å². The number of anilines is 1. The fourth-order valence-electron chi connectivity index (χ4n) is 3.25. The quantitative estimate of drug-likeness (QED) is 0.448. The Balaban J connectivity index is 1.61.